The van der Waals surface area contributed by atoms with E-state index in [-0.39, 0.29) is 17.5 Å². The Morgan fingerprint density at radius 2 is 2.14 bits per heavy atom. The Balaban J connectivity index is 2.20. The van der Waals surface area contributed by atoms with Gasteiger partial charge < -0.3 is 14.6 Å². The van der Waals surface area contributed by atoms with Gasteiger partial charge in [0.1, 0.15) is 12.3 Å². The molecule has 1 unspecified atom stereocenters. The second-order valence-corrected chi connectivity index (χ2v) is 5.47. The topological polar surface area (TPSA) is 78.7 Å². The van der Waals surface area contributed by atoms with E-state index in [4.69, 9.17) is 4.42 Å². The van der Waals surface area contributed by atoms with Crippen LogP contribution in [0.3, 0.4) is 0 Å². The van der Waals surface area contributed by atoms with E-state index in [1.54, 1.807) is 18.9 Å². The molecule has 1 N–H and O–H groups in total. The minimum Gasteiger partial charge on any atom is -0.448 e. The molecule has 0 saturated carbocycles. The van der Waals surface area contributed by atoms with Gasteiger partial charge in [0.25, 0.3) is 5.91 Å². The molecule has 7 heteroatoms. The highest BCUT2D eigenvalue weighted by Crippen LogP contribution is 2.16. The fourth-order valence-electron chi connectivity index (χ4n) is 2.52. The van der Waals surface area contributed by atoms with Gasteiger partial charge in [0, 0.05) is 39.6 Å². The lowest BCUT2D eigenvalue weighted by Crippen LogP contribution is -2.61. The number of carbonyl (C=O) groups excluding carboxylic acids is 2. The Morgan fingerprint density at radius 3 is 2.67 bits per heavy atom. The van der Waals surface area contributed by atoms with Crippen molar-refractivity contribution in [3.05, 3.63) is 17.8 Å². The average molecular weight is 294 g/mol. The largest absolute Gasteiger partial charge is 0.448 e. The normalized spacial score (nSPS) is 19.9. The molecular weight excluding hydrogens is 272 g/mol. The summed E-state index contributed by atoms with van der Waals surface area (Å²) in [4.78, 5) is 32.5. The van der Waals surface area contributed by atoms with Crippen LogP contribution in [0.5, 0.6) is 0 Å². The van der Waals surface area contributed by atoms with Crippen LogP contribution in [0.25, 0.3) is 0 Å². The molecule has 1 aromatic rings. The van der Waals surface area contributed by atoms with E-state index in [9.17, 15) is 9.59 Å². The van der Waals surface area contributed by atoms with Crippen molar-refractivity contribution in [2.24, 2.45) is 0 Å². The standard InChI is InChI=1S/C14H22N4O3/c1-9(2)17-5-6-18(12(7-17)13(19)15-4)14(20)11-8-21-10(3)16-11/h8-9,12H,5-7H2,1-4H3,(H,15,19). The van der Waals surface area contributed by atoms with Gasteiger partial charge in [-0.15, -0.1) is 0 Å². The molecule has 0 bridgehead atoms. The van der Waals surface area contributed by atoms with Crippen LogP contribution in [-0.4, -0.2) is 65.4 Å². The zero-order valence-corrected chi connectivity index (χ0v) is 12.9. The number of piperazine rings is 1. The average Bonchev–Trinajstić information content (AvgIpc) is 2.91. The summed E-state index contributed by atoms with van der Waals surface area (Å²) in [6, 6.07) is -0.167. The van der Waals surface area contributed by atoms with E-state index >= 15 is 0 Å². The molecule has 1 saturated heterocycles. The van der Waals surface area contributed by atoms with Gasteiger partial charge in [-0.05, 0) is 13.8 Å². The lowest BCUT2D eigenvalue weighted by atomic mass is 10.1. The van der Waals surface area contributed by atoms with E-state index in [1.165, 1.54) is 6.26 Å². The summed E-state index contributed by atoms with van der Waals surface area (Å²) in [5, 5.41) is 2.63. The van der Waals surface area contributed by atoms with Gasteiger partial charge in [-0.25, -0.2) is 4.98 Å². The highest BCUT2D eigenvalue weighted by Gasteiger charge is 2.36. The van der Waals surface area contributed by atoms with Crippen LogP contribution < -0.4 is 5.32 Å². The van der Waals surface area contributed by atoms with E-state index in [0.29, 0.717) is 25.0 Å². The number of hydrogen-bond donors (Lipinski definition) is 1. The second kappa shape index (κ2) is 6.26. The number of aromatic nitrogens is 1. The Labute approximate surface area is 124 Å². The molecule has 0 aromatic carbocycles. The van der Waals surface area contributed by atoms with Crippen LogP contribution in [-0.2, 0) is 4.79 Å². The monoisotopic (exact) mass is 294 g/mol. The first-order valence-electron chi connectivity index (χ1n) is 7.12. The van der Waals surface area contributed by atoms with Crippen molar-refractivity contribution in [1.82, 2.24) is 20.1 Å². The van der Waals surface area contributed by atoms with Gasteiger partial charge >= 0.3 is 0 Å². The fourth-order valence-corrected chi connectivity index (χ4v) is 2.52. The number of aryl methyl sites for hydroxylation is 1. The zero-order valence-electron chi connectivity index (χ0n) is 12.9. The van der Waals surface area contributed by atoms with Gasteiger partial charge in [0.2, 0.25) is 5.91 Å². The molecule has 21 heavy (non-hydrogen) atoms. The maximum atomic E-state index is 12.5. The van der Waals surface area contributed by atoms with Crippen LogP contribution in [0, 0.1) is 6.92 Å². The lowest BCUT2D eigenvalue weighted by molar-refractivity contribution is -0.127. The minimum atomic E-state index is -0.504. The van der Waals surface area contributed by atoms with Gasteiger partial charge in [0.05, 0.1) is 0 Å². The van der Waals surface area contributed by atoms with Crippen molar-refractivity contribution in [2.45, 2.75) is 32.9 Å². The van der Waals surface area contributed by atoms with Crippen molar-refractivity contribution in [3.8, 4) is 0 Å². The first-order chi connectivity index (χ1) is 9.93. The van der Waals surface area contributed by atoms with Crippen LogP contribution in [0.15, 0.2) is 10.7 Å². The Kier molecular flexibility index (Phi) is 4.62. The summed E-state index contributed by atoms with van der Waals surface area (Å²) in [5.74, 6) is 0.0217. The zero-order chi connectivity index (χ0) is 15.6. The van der Waals surface area contributed by atoms with Crippen molar-refractivity contribution in [2.75, 3.05) is 26.7 Å². The molecule has 1 atom stereocenters. The summed E-state index contributed by atoms with van der Waals surface area (Å²) in [7, 11) is 1.58. The molecule has 0 spiro atoms. The van der Waals surface area contributed by atoms with E-state index < -0.39 is 6.04 Å². The van der Waals surface area contributed by atoms with Crippen molar-refractivity contribution in [1.29, 1.82) is 0 Å². The maximum absolute atomic E-state index is 12.5. The SMILES string of the molecule is CNC(=O)C1CN(C(C)C)CCN1C(=O)c1coc(C)n1. The van der Waals surface area contributed by atoms with Gasteiger partial charge in [-0.1, -0.05) is 0 Å². The van der Waals surface area contributed by atoms with Crippen LogP contribution in [0.4, 0.5) is 0 Å². The molecule has 116 valence electrons. The third-order valence-corrected chi connectivity index (χ3v) is 3.79. The predicted molar refractivity (Wildman–Crippen MR) is 76.8 cm³/mol. The summed E-state index contributed by atoms with van der Waals surface area (Å²) in [6.45, 7) is 7.62. The molecular formula is C14H22N4O3. The maximum Gasteiger partial charge on any atom is 0.276 e. The predicted octanol–water partition coefficient (Wildman–Crippen LogP) is 0.264. The molecule has 2 rings (SSSR count). The number of likely N-dealkylation sites (N-methyl/N-ethyl adjacent to an activating group) is 1. The van der Waals surface area contributed by atoms with Gasteiger partial charge in [0.15, 0.2) is 11.6 Å². The van der Waals surface area contributed by atoms with Crippen molar-refractivity contribution in [3.63, 3.8) is 0 Å². The van der Waals surface area contributed by atoms with Gasteiger partial charge in [-0.3, -0.25) is 14.5 Å². The molecule has 2 amide bonds. The van der Waals surface area contributed by atoms with Crippen LogP contribution in [0.2, 0.25) is 0 Å². The first kappa shape index (κ1) is 15.5. The van der Waals surface area contributed by atoms with E-state index in [0.717, 1.165) is 6.54 Å². The molecule has 1 aromatic heterocycles. The number of hydrogen-bond acceptors (Lipinski definition) is 5. The highest BCUT2D eigenvalue weighted by atomic mass is 16.3. The smallest absolute Gasteiger partial charge is 0.276 e. The van der Waals surface area contributed by atoms with Crippen LogP contribution >= 0.6 is 0 Å². The number of nitrogens with one attached hydrogen (secondary N) is 1. The van der Waals surface area contributed by atoms with Crippen molar-refractivity contribution < 1.29 is 14.0 Å². The molecule has 1 fully saturated rings. The summed E-state index contributed by atoms with van der Waals surface area (Å²) in [6.07, 6.45) is 1.34. The number of carbonyl (C=O) groups is 2. The summed E-state index contributed by atoms with van der Waals surface area (Å²) >= 11 is 0. The Morgan fingerprint density at radius 1 is 1.43 bits per heavy atom. The highest BCUT2D eigenvalue weighted by molar-refractivity contribution is 5.96. The van der Waals surface area contributed by atoms with Crippen LogP contribution in [0.1, 0.15) is 30.2 Å². The third-order valence-electron chi connectivity index (χ3n) is 3.79. The molecule has 0 radical (unpaired) electrons. The molecule has 0 aliphatic carbocycles. The second-order valence-electron chi connectivity index (χ2n) is 5.47. The van der Waals surface area contributed by atoms with Gasteiger partial charge in [-0.2, -0.15) is 0 Å². The minimum absolute atomic E-state index is 0.158. The fraction of sp³-hybridized carbons (Fsp3) is 0.643. The van der Waals surface area contributed by atoms with E-state index in [1.807, 2.05) is 0 Å². The molecule has 1 aliphatic rings. The molecule has 1 aliphatic heterocycles. The number of nitrogens with zero attached hydrogens (tertiary/aromatic N) is 3. The number of rotatable bonds is 3. The number of oxazole rings is 1. The number of amides is 2. The summed E-state index contributed by atoms with van der Waals surface area (Å²) < 4.78 is 5.09. The van der Waals surface area contributed by atoms with E-state index in [2.05, 4.69) is 29.0 Å². The quantitative estimate of drug-likeness (QED) is 0.865. The molecule has 2 heterocycles. The Bertz CT molecular complexity index is 526. The lowest BCUT2D eigenvalue weighted by Gasteiger charge is -2.41. The third kappa shape index (κ3) is 3.24. The molecule has 7 nitrogen and oxygen atoms in total. The summed E-state index contributed by atoms with van der Waals surface area (Å²) in [5.41, 5.74) is 0.249. The first-order valence-corrected chi connectivity index (χ1v) is 7.12. The van der Waals surface area contributed by atoms with Crippen molar-refractivity contribution >= 4 is 11.8 Å². The Hall–Kier alpha value is -1.89.